The van der Waals surface area contributed by atoms with Crippen LogP contribution in [0.2, 0.25) is 10.0 Å². The summed E-state index contributed by atoms with van der Waals surface area (Å²) in [6, 6.07) is 16.7. The number of rotatable bonds is 6. The van der Waals surface area contributed by atoms with Crippen molar-refractivity contribution in [2.24, 2.45) is 0 Å². The van der Waals surface area contributed by atoms with Gasteiger partial charge in [-0.15, -0.1) is 0 Å². The number of hydrogen-bond acceptors (Lipinski definition) is 1. The maximum absolute atomic E-state index is 6.10. The molecule has 1 nitrogen and oxygen atoms in total. The summed E-state index contributed by atoms with van der Waals surface area (Å²) in [5, 5.41) is 4.81. The molecule has 1 N–H and O–H groups in total. The second-order valence-electron chi connectivity index (χ2n) is 4.87. The van der Waals surface area contributed by atoms with E-state index in [2.05, 4.69) is 36.5 Å². The highest BCUT2D eigenvalue weighted by Gasteiger charge is 2.12. The van der Waals surface area contributed by atoms with Crippen LogP contribution < -0.4 is 5.32 Å². The third-order valence-corrected chi connectivity index (χ3v) is 4.01. The Labute approximate surface area is 130 Å². The Morgan fingerprint density at radius 1 is 1.00 bits per heavy atom. The smallest absolute Gasteiger partial charge is 0.0595 e. The van der Waals surface area contributed by atoms with Gasteiger partial charge in [0.15, 0.2) is 0 Å². The van der Waals surface area contributed by atoms with Gasteiger partial charge in [0.2, 0.25) is 0 Å². The molecule has 0 aliphatic carbocycles. The highest BCUT2D eigenvalue weighted by Crippen LogP contribution is 2.25. The molecule has 3 heteroatoms. The number of benzene rings is 2. The van der Waals surface area contributed by atoms with E-state index >= 15 is 0 Å². The van der Waals surface area contributed by atoms with Gasteiger partial charge in [0.05, 0.1) is 10.0 Å². The van der Waals surface area contributed by atoms with Gasteiger partial charge >= 0.3 is 0 Å². The fraction of sp³-hybridized carbons (Fsp3) is 0.294. The lowest BCUT2D eigenvalue weighted by Gasteiger charge is -2.19. The summed E-state index contributed by atoms with van der Waals surface area (Å²) in [5.74, 6) is 0. The van der Waals surface area contributed by atoms with E-state index in [9.17, 15) is 0 Å². The van der Waals surface area contributed by atoms with Gasteiger partial charge in [-0.05, 0) is 42.6 Å². The van der Waals surface area contributed by atoms with Crippen molar-refractivity contribution in [3.05, 3.63) is 69.7 Å². The van der Waals surface area contributed by atoms with Gasteiger partial charge in [-0.3, -0.25) is 0 Å². The molecule has 0 radical (unpaired) electrons. The molecule has 2 aromatic rings. The van der Waals surface area contributed by atoms with Crippen LogP contribution in [0.25, 0.3) is 0 Å². The average Bonchev–Trinajstić information content (AvgIpc) is 2.48. The van der Waals surface area contributed by atoms with Gasteiger partial charge in [0, 0.05) is 6.04 Å². The van der Waals surface area contributed by atoms with E-state index in [0.717, 1.165) is 19.4 Å². The van der Waals surface area contributed by atoms with Crippen LogP contribution in [0, 0.1) is 0 Å². The molecule has 2 aromatic carbocycles. The third kappa shape index (κ3) is 4.24. The van der Waals surface area contributed by atoms with Crippen molar-refractivity contribution >= 4 is 23.2 Å². The summed E-state index contributed by atoms with van der Waals surface area (Å²) in [6.07, 6.45) is 2.02. The monoisotopic (exact) mass is 307 g/mol. The second-order valence-corrected chi connectivity index (χ2v) is 5.68. The maximum Gasteiger partial charge on any atom is 0.0595 e. The molecule has 1 unspecified atom stereocenters. The van der Waals surface area contributed by atoms with Crippen molar-refractivity contribution < 1.29 is 0 Å². The Hall–Kier alpha value is -1.02. The Morgan fingerprint density at radius 2 is 1.75 bits per heavy atom. The van der Waals surface area contributed by atoms with Crippen LogP contribution in [-0.4, -0.2) is 6.54 Å². The first kappa shape index (κ1) is 15.4. The summed E-state index contributed by atoms with van der Waals surface area (Å²) in [7, 11) is 0. The second kappa shape index (κ2) is 7.68. The first-order valence-corrected chi connectivity index (χ1v) is 7.68. The van der Waals surface area contributed by atoms with Crippen LogP contribution in [0.4, 0.5) is 0 Å². The van der Waals surface area contributed by atoms with Gasteiger partial charge in [0.25, 0.3) is 0 Å². The van der Waals surface area contributed by atoms with Crippen molar-refractivity contribution in [3.8, 4) is 0 Å². The first-order valence-electron chi connectivity index (χ1n) is 6.93. The summed E-state index contributed by atoms with van der Waals surface area (Å²) in [5.41, 5.74) is 2.49. The van der Waals surface area contributed by atoms with E-state index in [1.165, 1.54) is 11.1 Å². The fourth-order valence-corrected chi connectivity index (χ4v) is 2.53. The van der Waals surface area contributed by atoms with Crippen LogP contribution in [0.1, 0.15) is 30.5 Å². The molecular weight excluding hydrogens is 289 g/mol. The van der Waals surface area contributed by atoms with Crippen LogP contribution >= 0.6 is 23.2 Å². The number of hydrogen-bond donors (Lipinski definition) is 1. The largest absolute Gasteiger partial charge is 0.310 e. The Bertz CT molecular complexity index is 540. The van der Waals surface area contributed by atoms with Crippen molar-refractivity contribution in [2.45, 2.75) is 25.8 Å². The van der Waals surface area contributed by atoms with Crippen LogP contribution in [0.15, 0.2) is 48.5 Å². The molecule has 0 bridgehead atoms. The standard InChI is InChI=1S/C17H19Cl2N/c1-2-10-20-17(14-6-4-3-5-7-14)12-13-8-9-15(18)16(19)11-13/h3-9,11,17,20H,2,10,12H2,1H3. The topological polar surface area (TPSA) is 12.0 Å². The summed E-state index contributed by atoms with van der Waals surface area (Å²) in [4.78, 5) is 0. The van der Waals surface area contributed by atoms with Crippen LogP contribution in [-0.2, 0) is 6.42 Å². The van der Waals surface area contributed by atoms with Crippen molar-refractivity contribution in [3.63, 3.8) is 0 Å². The van der Waals surface area contributed by atoms with Crippen LogP contribution in [0.5, 0.6) is 0 Å². The molecule has 0 aliphatic rings. The molecule has 0 heterocycles. The highest BCUT2D eigenvalue weighted by atomic mass is 35.5. The van der Waals surface area contributed by atoms with E-state index in [0.29, 0.717) is 16.1 Å². The third-order valence-electron chi connectivity index (χ3n) is 3.27. The molecule has 0 saturated carbocycles. The molecule has 1 atom stereocenters. The lowest BCUT2D eigenvalue weighted by atomic mass is 9.99. The Balaban J connectivity index is 2.17. The first-order chi connectivity index (χ1) is 9.70. The van der Waals surface area contributed by atoms with Crippen LogP contribution in [0.3, 0.4) is 0 Å². The zero-order chi connectivity index (χ0) is 14.4. The minimum absolute atomic E-state index is 0.299. The summed E-state index contributed by atoms with van der Waals surface area (Å²) >= 11 is 12.1. The molecule has 0 saturated heterocycles. The molecule has 0 fully saturated rings. The van der Waals surface area contributed by atoms with E-state index in [1.54, 1.807) is 0 Å². The SMILES string of the molecule is CCCNC(Cc1ccc(Cl)c(Cl)c1)c1ccccc1. The normalized spacial score (nSPS) is 12.3. The molecular formula is C17H19Cl2N. The Morgan fingerprint density at radius 3 is 2.40 bits per heavy atom. The quantitative estimate of drug-likeness (QED) is 0.766. The predicted molar refractivity (Wildman–Crippen MR) is 87.6 cm³/mol. The van der Waals surface area contributed by atoms with Gasteiger partial charge in [0.1, 0.15) is 0 Å². The van der Waals surface area contributed by atoms with E-state index in [4.69, 9.17) is 23.2 Å². The summed E-state index contributed by atoms with van der Waals surface area (Å²) < 4.78 is 0. The lowest BCUT2D eigenvalue weighted by Crippen LogP contribution is -2.24. The van der Waals surface area contributed by atoms with Gasteiger partial charge in [-0.2, -0.15) is 0 Å². The van der Waals surface area contributed by atoms with Crippen molar-refractivity contribution in [1.29, 1.82) is 0 Å². The highest BCUT2D eigenvalue weighted by molar-refractivity contribution is 6.42. The van der Waals surface area contributed by atoms with E-state index < -0.39 is 0 Å². The van der Waals surface area contributed by atoms with Crippen molar-refractivity contribution in [1.82, 2.24) is 5.32 Å². The van der Waals surface area contributed by atoms with Gasteiger partial charge < -0.3 is 5.32 Å². The molecule has 0 aliphatic heterocycles. The molecule has 0 aromatic heterocycles. The van der Waals surface area contributed by atoms with E-state index in [1.807, 2.05) is 24.3 Å². The number of halogens is 2. The van der Waals surface area contributed by atoms with Gasteiger partial charge in [-0.1, -0.05) is 66.5 Å². The zero-order valence-electron chi connectivity index (χ0n) is 11.6. The van der Waals surface area contributed by atoms with Gasteiger partial charge in [-0.25, -0.2) is 0 Å². The Kier molecular flexibility index (Phi) is 5.90. The number of nitrogens with one attached hydrogen (secondary N) is 1. The van der Waals surface area contributed by atoms with E-state index in [-0.39, 0.29) is 0 Å². The zero-order valence-corrected chi connectivity index (χ0v) is 13.1. The lowest BCUT2D eigenvalue weighted by molar-refractivity contribution is 0.529. The fourth-order valence-electron chi connectivity index (χ4n) is 2.21. The summed E-state index contributed by atoms with van der Waals surface area (Å²) in [6.45, 7) is 3.18. The maximum atomic E-state index is 6.10. The predicted octanol–water partition coefficient (Wildman–Crippen LogP) is 5.28. The van der Waals surface area contributed by atoms with Crippen molar-refractivity contribution in [2.75, 3.05) is 6.54 Å². The molecule has 0 spiro atoms. The molecule has 20 heavy (non-hydrogen) atoms. The molecule has 106 valence electrons. The molecule has 0 amide bonds. The average molecular weight is 308 g/mol. The molecule has 2 rings (SSSR count). The minimum atomic E-state index is 0.299. The minimum Gasteiger partial charge on any atom is -0.310 e.